The van der Waals surface area contributed by atoms with Gasteiger partial charge in [-0.1, -0.05) is 26.8 Å². The largest absolute Gasteiger partial charge is 0.478 e. The smallest absolute Gasteiger partial charge is 0.335 e. The monoisotopic (exact) mass is 380 g/mol. The SMILES string of the molecule is CCCN1C(=O)CC(C)(C)c2ccc(NC(=O)c3ccc(C(=O)O)cc3)cc21. The van der Waals surface area contributed by atoms with Crippen LogP contribution in [0.3, 0.4) is 0 Å². The molecular formula is C22H24N2O4. The number of hydrogen-bond acceptors (Lipinski definition) is 3. The van der Waals surface area contributed by atoms with Gasteiger partial charge in [-0.2, -0.15) is 0 Å². The first-order valence-electron chi connectivity index (χ1n) is 9.32. The lowest BCUT2D eigenvalue weighted by Gasteiger charge is -2.38. The van der Waals surface area contributed by atoms with Crippen LogP contribution >= 0.6 is 0 Å². The molecule has 0 spiro atoms. The average Bonchev–Trinajstić information content (AvgIpc) is 2.64. The van der Waals surface area contributed by atoms with Crippen LogP contribution in [0, 0.1) is 0 Å². The second-order valence-corrected chi connectivity index (χ2v) is 7.67. The minimum absolute atomic E-state index is 0.0899. The van der Waals surface area contributed by atoms with Gasteiger partial charge in [0.05, 0.1) is 5.56 Å². The van der Waals surface area contributed by atoms with E-state index in [2.05, 4.69) is 19.2 Å². The van der Waals surface area contributed by atoms with Crippen molar-refractivity contribution >= 4 is 29.2 Å². The van der Waals surface area contributed by atoms with Crippen LogP contribution in [-0.2, 0) is 10.2 Å². The number of hydrogen-bond donors (Lipinski definition) is 2. The molecule has 0 saturated carbocycles. The molecule has 6 heteroatoms. The summed E-state index contributed by atoms with van der Waals surface area (Å²) in [5, 5.41) is 11.8. The number of carboxylic acid groups (broad SMARTS) is 1. The summed E-state index contributed by atoms with van der Waals surface area (Å²) >= 11 is 0. The van der Waals surface area contributed by atoms with Crippen LogP contribution in [-0.4, -0.2) is 29.4 Å². The Balaban J connectivity index is 1.88. The molecule has 146 valence electrons. The molecule has 2 aromatic carbocycles. The van der Waals surface area contributed by atoms with Gasteiger partial charge in [0, 0.05) is 35.3 Å². The summed E-state index contributed by atoms with van der Waals surface area (Å²) in [6.45, 7) is 6.76. The minimum atomic E-state index is -1.04. The van der Waals surface area contributed by atoms with Crippen molar-refractivity contribution in [1.29, 1.82) is 0 Å². The van der Waals surface area contributed by atoms with Gasteiger partial charge in [-0.15, -0.1) is 0 Å². The highest BCUT2D eigenvalue weighted by atomic mass is 16.4. The van der Waals surface area contributed by atoms with Gasteiger partial charge in [0.25, 0.3) is 5.91 Å². The summed E-state index contributed by atoms with van der Waals surface area (Å²) in [6.07, 6.45) is 1.31. The molecule has 0 unspecified atom stereocenters. The van der Waals surface area contributed by atoms with Crippen LogP contribution < -0.4 is 10.2 Å². The van der Waals surface area contributed by atoms with Crippen LogP contribution in [0.4, 0.5) is 11.4 Å². The Morgan fingerprint density at radius 1 is 1.11 bits per heavy atom. The number of nitrogens with zero attached hydrogens (tertiary/aromatic N) is 1. The van der Waals surface area contributed by atoms with Crippen molar-refractivity contribution in [3.05, 3.63) is 59.2 Å². The van der Waals surface area contributed by atoms with Crippen LogP contribution in [0.15, 0.2) is 42.5 Å². The van der Waals surface area contributed by atoms with E-state index in [9.17, 15) is 14.4 Å². The molecule has 3 rings (SSSR count). The van der Waals surface area contributed by atoms with Gasteiger partial charge in [0.1, 0.15) is 0 Å². The van der Waals surface area contributed by atoms with Crippen molar-refractivity contribution < 1.29 is 19.5 Å². The third-order valence-corrected chi connectivity index (χ3v) is 5.01. The number of rotatable bonds is 5. The van der Waals surface area contributed by atoms with Gasteiger partial charge in [-0.05, 0) is 48.4 Å². The predicted molar refractivity (Wildman–Crippen MR) is 108 cm³/mol. The molecule has 1 heterocycles. The van der Waals surface area contributed by atoms with E-state index in [1.807, 2.05) is 25.1 Å². The van der Waals surface area contributed by atoms with Gasteiger partial charge < -0.3 is 15.3 Å². The Morgan fingerprint density at radius 3 is 2.36 bits per heavy atom. The van der Waals surface area contributed by atoms with Crippen molar-refractivity contribution in [1.82, 2.24) is 0 Å². The van der Waals surface area contributed by atoms with Crippen molar-refractivity contribution in [2.45, 2.75) is 39.0 Å². The number of fused-ring (bicyclic) bond motifs is 1. The highest BCUT2D eigenvalue weighted by molar-refractivity contribution is 6.05. The normalized spacial score (nSPS) is 15.1. The molecule has 0 aliphatic carbocycles. The van der Waals surface area contributed by atoms with E-state index in [1.165, 1.54) is 24.3 Å². The van der Waals surface area contributed by atoms with E-state index in [-0.39, 0.29) is 22.8 Å². The predicted octanol–water partition coefficient (Wildman–Crippen LogP) is 4.06. The zero-order valence-electron chi connectivity index (χ0n) is 16.3. The third-order valence-electron chi connectivity index (χ3n) is 5.01. The Bertz CT molecular complexity index is 932. The maximum Gasteiger partial charge on any atom is 0.335 e. The lowest BCUT2D eigenvalue weighted by Crippen LogP contribution is -2.42. The number of nitrogens with one attached hydrogen (secondary N) is 1. The first kappa shape index (κ1) is 19.6. The van der Waals surface area contributed by atoms with Crippen molar-refractivity contribution in [2.75, 3.05) is 16.8 Å². The lowest BCUT2D eigenvalue weighted by molar-refractivity contribution is -0.120. The van der Waals surface area contributed by atoms with E-state index in [4.69, 9.17) is 5.11 Å². The minimum Gasteiger partial charge on any atom is -0.478 e. The van der Waals surface area contributed by atoms with E-state index in [1.54, 1.807) is 4.90 Å². The summed E-state index contributed by atoms with van der Waals surface area (Å²) < 4.78 is 0. The molecule has 0 bridgehead atoms. The second-order valence-electron chi connectivity index (χ2n) is 7.67. The molecular weight excluding hydrogens is 356 g/mol. The first-order valence-corrected chi connectivity index (χ1v) is 9.32. The average molecular weight is 380 g/mol. The molecule has 6 nitrogen and oxygen atoms in total. The fourth-order valence-electron chi connectivity index (χ4n) is 3.54. The van der Waals surface area contributed by atoms with Gasteiger partial charge in [0.2, 0.25) is 5.91 Å². The van der Waals surface area contributed by atoms with Gasteiger partial charge in [0.15, 0.2) is 0 Å². The molecule has 0 aromatic heterocycles. The quantitative estimate of drug-likeness (QED) is 0.819. The Labute approximate surface area is 164 Å². The van der Waals surface area contributed by atoms with Crippen molar-refractivity contribution in [2.24, 2.45) is 0 Å². The Hall–Kier alpha value is -3.15. The maximum atomic E-state index is 12.6. The Kier molecular flexibility index (Phi) is 5.23. The van der Waals surface area contributed by atoms with Crippen LogP contribution in [0.1, 0.15) is 59.9 Å². The zero-order chi connectivity index (χ0) is 20.5. The van der Waals surface area contributed by atoms with E-state index >= 15 is 0 Å². The summed E-state index contributed by atoms with van der Waals surface area (Å²) in [7, 11) is 0. The zero-order valence-corrected chi connectivity index (χ0v) is 16.3. The molecule has 2 amide bonds. The van der Waals surface area contributed by atoms with Crippen LogP contribution in [0.5, 0.6) is 0 Å². The number of benzene rings is 2. The second kappa shape index (κ2) is 7.46. The van der Waals surface area contributed by atoms with E-state index < -0.39 is 5.97 Å². The fourth-order valence-corrected chi connectivity index (χ4v) is 3.54. The standard InChI is InChI=1S/C22H24N2O4/c1-4-11-24-18-12-16(9-10-17(18)22(2,3)13-19(24)25)23-20(26)14-5-7-15(8-6-14)21(27)28/h5-10,12H,4,11,13H2,1-3H3,(H,23,26)(H,27,28). The fraction of sp³-hybridized carbons (Fsp3) is 0.318. The summed E-state index contributed by atoms with van der Waals surface area (Å²) in [5.41, 5.74) is 2.75. The van der Waals surface area contributed by atoms with Crippen LogP contribution in [0.25, 0.3) is 0 Å². The number of anilines is 2. The highest BCUT2D eigenvalue weighted by Gasteiger charge is 2.36. The summed E-state index contributed by atoms with van der Waals surface area (Å²) in [5.74, 6) is -1.28. The Morgan fingerprint density at radius 2 is 1.75 bits per heavy atom. The van der Waals surface area contributed by atoms with Crippen molar-refractivity contribution in [3.8, 4) is 0 Å². The molecule has 2 N–H and O–H groups in total. The summed E-state index contributed by atoms with van der Waals surface area (Å²) in [6, 6.07) is 11.4. The summed E-state index contributed by atoms with van der Waals surface area (Å²) in [4.78, 5) is 37.8. The van der Waals surface area contributed by atoms with E-state index in [0.717, 1.165) is 17.7 Å². The van der Waals surface area contributed by atoms with Crippen LogP contribution in [0.2, 0.25) is 0 Å². The van der Waals surface area contributed by atoms with Gasteiger partial charge >= 0.3 is 5.97 Å². The number of carbonyl (C=O) groups excluding carboxylic acids is 2. The number of carbonyl (C=O) groups is 3. The maximum absolute atomic E-state index is 12.6. The molecule has 0 saturated heterocycles. The molecule has 1 aliphatic heterocycles. The number of carboxylic acids is 1. The number of amides is 2. The van der Waals surface area contributed by atoms with Gasteiger partial charge in [-0.3, -0.25) is 9.59 Å². The highest BCUT2D eigenvalue weighted by Crippen LogP contribution is 2.41. The molecule has 0 atom stereocenters. The first-order chi connectivity index (χ1) is 13.2. The third kappa shape index (κ3) is 3.76. The van der Waals surface area contributed by atoms with Gasteiger partial charge in [-0.25, -0.2) is 4.79 Å². The molecule has 0 radical (unpaired) electrons. The lowest BCUT2D eigenvalue weighted by atomic mass is 9.77. The number of aromatic carboxylic acids is 1. The molecule has 28 heavy (non-hydrogen) atoms. The molecule has 0 fully saturated rings. The molecule has 1 aliphatic rings. The molecule has 2 aromatic rings. The van der Waals surface area contributed by atoms with E-state index in [0.29, 0.717) is 24.2 Å². The van der Waals surface area contributed by atoms with Crippen molar-refractivity contribution in [3.63, 3.8) is 0 Å². The topological polar surface area (TPSA) is 86.7 Å².